The summed E-state index contributed by atoms with van der Waals surface area (Å²) >= 11 is 1.18. The number of carbonyl (C=O) groups is 3. The van der Waals surface area contributed by atoms with Crippen LogP contribution in [0.5, 0.6) is 0 Å². The maximum atomic E-state index is 13.3. The summed E-state index contributed by atoms with van der Waals surface area (Å²) in [7, 11) is 0. The smallest absolute Gasteiger partial charge is 0.275 e. The second-order valence-electron chi connectivity index (χ2n) is 5.81. The molecule has 0 N–H and O–H groups in total. The monoisotopic (exact) mass is 356 g/mol. The number of anilines is 2. The Hall–Kier alpha value is -2.67. The van der Waals surface area contributed by atoms with Crippen LogP contribution in [0.3, 0.4) is 0 Å². The second kappa shape index (κ2) is 5.42. The molecule has 0 saturated carbocycles. The van der Waals surface area contributed by atoms with E-state index in [9.17, 15) is 18.8 Å². The van der Waals surface area contributed by atoms with E-state index < -0.39 is 22.5 Å². The molecule has 1 atom stereocenters. The number of hydrogen-bond donors (Lipinski definition) is 0. The normalized spacial score (nSPS) is 22.0. The number of para-hydroxylation sites is 1. The van der Waals surface area contributed by atoms with Gasteiger partial charge in [-0.2, -0.15) is 0 Å². The topological polar surface area (TPSA) is 57.7 Å². The molecule has 2 aromatic carbocycles. The van der Waals surface area contributed by atoms with Crippen LogP contribution in [0, 0.1) is 5.82 Å². The lowest BCUT2D eigenvalue weighted by molar-refractivity contribution is -0.128. The van der Waals surface area contributed by atoms with E-state index in [0.717, 1.165) is 4.90 Å². The molecule has 0 radical (unpaired) electrons. The van der Waals surface area contributed by atoms with Crippen LogP contribution >= 0.6 is 11.8 Å². The molecule has 2 aliphatic rings. The molecule has 0 bridgehead atoms. The van der Waals surface area contributed by atoms with E-state index in [-0.39, 0.29) is 11.7 Å². The number of carbonyl (C=O) groups excluding carboxylic acids is 3. The third-order valence-corrected chi connectivity index (χ3v) is 5.76. The Kier molecular flexibility index (Phi) is 3.43. The van der Waals surface area contributed by atoms with Crippen molar-refractivity contribution in [2.45, 2.75) is 11.8 Å². The number of halogens is 1. The largest absolute Gasteiger partial charge is 0.283 e. The summed E-state index contributed by atoms with van der Waals surface area (Å²) in [5.74, 6) is -1.47. The van der Waals surface area contributed by atoms with Crippen molar-refractivity contribution in [3.63, 3.8) is 0 Å². The van der Waals surface area contributed by atoms with Gasteiger partial charge in [-0.15, -0.1) is 11.8 Å². The van der Waals surface area contributed by atoms with Gasteiger partial charge in [-0.25, -0.2) is 9.29 Å². The number of hydrogen-bond acceptors (Lipinski definition) is 4. The molecule has 0 aliphatic carbocycles. The van der Waals surface area contributed by atoms with Crippen LogP contribution in [0.2, 0.25) is 0 Å². The van der Waals surface area contributed by atoms with Gasteiger partial charge >= 0.3 is 0 Å². The quantitative estimate of drug-likeness (QED) is 0.788. The predicted octanol–water partition coefficient (Wildman–Crippen LogP) is 2.65. The van der Waals surface area contributed by atoms with E-state index in [0.29, 0.717) is 16.9 Å². The Morgan fingerprint density at radius 2 is 1.80 bits per heavy atom. The number of fused-ring (bicyclic) bond motifs is 2. The molecule has 126 valence electrons. The van der Waals surface area contributed by atoms with E-state index >= 15 is 0 Å². The Morgan fingerprint density at radius 3 is 2.48 bits per heavy atom. The zero-order chi connectivity index (χ0) is 17.8. The molecule has 7 heteroatoms. The van der Waals surface area contributed by atoms with Crippen LogP contribution < -0.4 is 9.80 Å². The van der Waals surface area contributed by atoms with Crippen molar-refractivity contribution in [2.75, 3.05) is 15.6 Å². The van der Waals surface area contributed by atoms with E-state index in [1.54, 1.807) is 24.3 Å². The SMILES string of the molecule is CC(=O)N1C(=O)C2(SCC(=O)N2c2ccc(F)cc2)c2ccccc21. The van der Waals surface area contributed by atoms with Crippen LogP contribution in [0.15, 0.2) is 48.5 Å². The molecular weight excluding hydrogens is 343 g/mol. The number of benzene rings is 2. The third kappa shape index (κ3) is 2.05. The lowest BCUT2D eigenvalue weighted by atomic mass is 10.0. The molecule has 5 nitrogen and oxygen atoms in total. The predicted molar refractivity (Wildman–Crippen MR) is 92.6 cm³/mol. The lowest BCUT2D eigenvalue weighted by Gasteiger charge is -2.32. The molecule has 1 fully saturated rings. The molecule has 2 aromatic rings. The lowest BCUT2D eigenvalue weighted by Crippen LogP contribution is -2.50. The fourth-order valence-corrected chi connectivity index (χ4v) is 4.73. The Balaban J connectivity index is 1.95. The number of thioether (sulfide) groups is 1. The number of rotatable bonds is 1. The molecule has 2 aliphatic heterocycles. The van der Waals surface area contributed by atoms with E-state index in [1.165, 1.54) is 47.9 Å². The van der Waals surface area contributed by atoms with Gasteiger partial charge < -0.3 is 0 Å². The highest BCUT2D eigenvalue weighted by Gasteiger charge is 2.61. The third-order valence-electron chi connectivity index (χ3n) is 4.37. The van der Waals surface area contributed by atoms with E-state index in [4.69, 9.17) is 0 Å². The molecule has 25 heavy (non-hydrogen) atoms. The van der Waals surface area contributed by atoms with Gasteiger partial charge in [0.15, 0.2) is 0 Å². The summed E-state index contributed by atoms with van der Waals surface area (Å²) in [6, 6.07) is 12.4. The Labute approximate surface area is 147 Å². The van der Waals surface area contributed by atoms with Crippen molar-refractivity contribution in [2.24, 2.45) is 0 Å². The van der Waals surface area contributed by atoms with Crippen LogP contribution in [-0.4, -0.2) is 23.5 Å². The summed E-state index contributed by atoms with van der Waals surface area (Å²) in [5, 5.41) is 0. The minimum Gasteiger partial charge on any atom is -0.283 e. The van der Waals surface area contributed by atoms with Crippen LogP contribution in [0.1, 0.15) is 12.5 Å². The molecule has 3 amide bonds. The van der Waals surface area contributed by atoms with Gasteiger partial charge in [-0.05, 0) is 30.3 Å². The van der Waals surface area contributed by atoms with Gasteiger partial charge in [0.2, 0.25) is 16.7 Å². The molecule has 1 unspecified atom stereocenters. The maximum absolute atomic E-state index is 13.3. The van der Waals surface area contributed by atoms with Gasteiger partial charge in [-0.1, -0.05) is 18.2 Å². The number of imide groups is 1. The van der Waals surface area contributed by atoms with Gasteiger partial charge in [0, 0.05) is 18.2 Å². The fourth-order valence-electron chi connectivity index (χ4n) is 3.39. The van der Waals surface area contributed by atoms with Crippen molar-refractivity contribution in [1.29, 1.82) is 0 Å². The first-order valence-corrected chi connectivity index (χ1v) is 8.62. The minimum atomic E-state index is -1.34. The Morgan fingerprint density at radius 1 is 1.12 bits per heavy atom. The molecule has 2 heterocycles. The van der Waals surface area contributed by atoms with E-state index in [1.807, 2.05) is 0 Å². The first-order valence-electron chi connectivity index (χ1n) is 7.64. The van der Waals surface area contributed by atoms with Crippen molar-refractivity contribution < 1.29 is 18.8 Å². The molecule has 1 saturated heterocycles. The summed E-state index contributed by atoms with van der Waals surface area (Å²) in [4.78, 5) is 39.1. The second-order valence-corrected chi connectivity index (χ2v) is 6.98. The van der Waals surface area contributed by atoms with Crippen LogP contribution in [0.25, 0.3) is 0 Å². The van der Waals surface area contributed by atoms with Gasteiger partial charge in [-0.3, -0.25) is 19.3 Å². The molecule has 1 spiro atoms. The average molecular weight is 356 g/mol. The van der Waals surface area contributed by atoms with Gasteiger partial charge in [0.25, 0.3) is 5.91 Å². The first-order chi connectivity index (χ1) is 12.0. The summed E-state index contributed by atoms with van der Waals surface area (Å²) < 4.78 is 13.3. The van der Waals surface area contributed by atoms with Gasteiger partial charge in [0.05, 0.1) is 11.4 Å². The Bertz CT molecular complexity index is 915. The van der Waals surface area contributed by atoms with Crippen molar-refractivity contribution in [3.05, 3.63) is 59.9 Å². The van der Waals surface area contributed by atoms with Crippen LogP contribution in [-0.2, 0) is 19.3 Å². The molecule has 4 rings (SSSR count). The van der Waals surface area contributed by atoms with Crippen molar-refractivity contribution in [1.82, 2.24) is 0 Å². The zero-order valence-corrected chi connectivity index (χ0v) is 14.0. The van der Waals surface area contributed by atoms with Crippen LogP contribution in [0.4, 0.5) is 15.8 Å². The number of nitrogens with zero attached hydrogens (tertiary/aromatic N) is 2. The first kappa shape index (κ1) is 15.8. The number of amides is 3. The standard InChI is InChI=1S/C18H13FN2O3S/c1-11(22)20-15-5-3-2-4-14(15)18(17(20)24)21(16(23)10-25-18)13-8-6-12(19)7-9-13/h2-9H,10H2,1H3. The summed E-state index contributed by atoms with van der Waals surface area (Å²) in [6.45, 7) is 1.32. The fraction of sp³-hybridized carbons (Fsp3) is 0.167. The molecular formula is C18H13FN2O3S. The van der Waals surface area contributed by atoms with Crippen molar-refractivity contribution >= 4 is 40.9 Å². The van der Waals surface area contributed by atoms with Crippen molar-refractivity contribution in [3.8, 4) is 0 Å². The average Bonchev–Trinajstić information content (AvgIpc) is 3.06. The van der Waals surface area contributed by atoms with Gasteiger partial charge in [0.1, 0.15) is 5.82 Å². The molecule has 0 aromatic heterocycles. The zero-order valence-electron chi connectivity index (χ0n) is 13.2. The summed E-state index contributed by atoms with van der Waals surface area (Å²) in [5.41, 5.74) is 1.50. The highest BCUT2D eigenvalue weighted by Crippen LogP contribution is 2.55. The highest BCUT2D eigenvalue weighted by molar-refractivity contribution is 8.02. The maximum Gasteiger partial charge on any atom is 0.275 e. The highest BCUT2D eigenvalue weighted by atomic mass is 32.2. The summed E-state index contributed by atoms with van der Waals surface area (Å²) in [6.07, 6.45) is 0. The minimum absolute atomic E-state index is 0.100. The van der Waals surface area contributed by atoms with E-state index in [2.05, 4.69) is 0 Å².